The van der Waals surface area contributed by atoms with E-state index in [-0.39, 0.29) is 18.3 Å². The zero-order chi connectivity index (χ0) is 20.6. The van der Waals surface area contributed by atoms with Gasteiger partial charge in [-0.1, -0.05) is 30.3 Å². The number of primary amides is 1. The Labute approximate surface area is 177 Å². The predicted octanol–water partition coefficient (Wildman–Crippen LogP) is 4.25. The molecule has 1 aromatic heterocycles. The second-order valence-corrected chi connectivity index (χ2v) is 8.55. The zero-order valence-electron chi connectivity index (χ0n) is 15.6. The fourth-order valence-corrected chi connectivity index (χ4v) is 4.64. The predicted molar refractivity (Wildman–Crippen MR) is 115 cm³/mol. The Balaban J connectivity index is 1.62. The molecule has 3 aromatic rings. The van der Waals surface area contributed by atoms with Crippen molar-refractivity contribution < 1.29 is 14.0 Å². The van der Waals surface area contributed by atoms with E-state index in [0.717, 1.165) is 16.2 Å². The van der Waals surface area contributed by atoms with E-state index in [1.165, 1.54) is 17.0 Å². The van der Waals surface area contributed by atoms with E-state index in [1.807, 2.05) is 29.6 Å². The van der Waals surface area contributed by atoms with Gasteiger partial charge in [-0.25, -0.2) is 4.39 Å². The lowest BCUT2D eigenvalue weighted by molar-refractivity contribution is -0.121. The molecule has 0 aliphatic heterocycles. The van der Waals surface area contributed by atoms with Crippen molar-refractivity contribution in [3.63, 3.8) is 0 Å². The van der Waals surface area contributed by atoms with Gasteiger partial charge in [0.05, 0.1) is 11.5 Å². The van der Waals surface area contributed by atoms with Crippen molar-refractivity contribution in [3.8, 4) is 0 Å². The molecule has 3 N–H and O–H groups in total. The molecule has 0 saturated heterocycles. The minimum Gasteiger partial charge on any atom is -0.369 e. The summed E-state index contributed by atoms with van der Waals surface area (Å²) in [5.74, 6) is -0.875. The standard InChI is InChI=1S/C22H21FN2O2S2/c23-17-9-7-15(8-10-17)12-16(21(24)26)13-25-22(27)19-5-1-2-6-20(19)29-14-18-4-3-11-28-18/h1-11,16H,12-14H2,(H2,24,26)(H,25,27). The fourth-order valence-electron chi connectivity index (χ4n) is 2.81. The molecular formula is C22H21FN2O2S2. The van der Waals surface area contributed by atoms with Crippen LogP contribution in [0, 0.1) is 11.7 Å². The Hall–Kier alpha value is -2.64. The van der Waals surface area contributed by atoms with Crippen molar-refractivity contribution in [2.75, 3.05) is 6.54 Å². The van der Waals surface area contributed by atoms with Crippen molar-refractivity contribution in [3.05, 3.63) is 87.9 Å². The number of hydrogen-bond acceptors (Lipinski definition) is 4. The third-order valence-corrected chi connectivity index (χ3v) is 6.57. The van der Waals surface area contributed by atoms with Crippen LogP contribution >= 0.6 is 23.1 Å². The molecule has 4 nitrogen and oxygen atoms in total. The monoisotopic (exact) mass is 428 g/mol. The first-order valence-corrected chi connectivity index (χ1v) is 11.0. The van der Waals surface area contributed by atoms with E-state index >= 15 is 0 Å². The van der Waals surface area contributed by atoms with Crippen LogP contribution in [0.5, 0.6) is 0 Å². The number of nitrogens with two attached hydrogens (primary N) is 1. The highest BCUT2D eigenvalue weighted by molar-refractivity contribution is 7.98. The second-order valence-electron chi connectivity index (χ2n) is 6.50. The summed E-state index contributed by atoms with van der Waals surface area (Å²) < 4.78 is 13.1. The lowest BCUT2D eigenvalue weighted by atomic mass is 9.98. The summed E-state index contributed by atoms with van der Waals surface area (Å²) in [4.78, 5) is 26.7. The quantitative estimate of drug-likeness (QED) is 0.501. The molecular weight excluding hydrogens is 407 g/mol. The zero-order valence-corrected chi connectivity index (χ0v) is 17.3. The summed E-state index contributed by atoms with van der Waals surface area (Å²) in [6, 6.07) is 17.4. The molecule has 0 aliphatic rings. The summed E-state index contributed by atoms with van der Waals surface area (Å²) in [5, 5.41) is 4.85. The van der Waals surface area contributed by atoms with Gasteiger partial charge in [0.2, 0.25) is 5.91 Å². The van der Waals surface area contributed by atoms with Crippen LogP contribution in [0.25, 0.3) is 0 Å². The number of carbonyl (C=O) groups is 2. The molecule has 0 spiro atoms. The van der Waals surface area contributed by atoms with Crippen LogP contribution in [-0.2, 0) is 17.0 Å². The Kier molecular flexibility index (Phi) is 7.43. The van der Waals surface area contributed by atoms with Crippen molar-refractivity contribution in [2.24, 2.45) is 11.7 Å². The highest BCUT2D eigenvalue weighted by atomic mass is 32.2. The molecule has 0 fully saturated rings. The third kappa shape index (κ3) is 6.17. The van der Waals surface area contributed by atoms with Crippen molar-refractivity contribution in [1.29, 1.82) is 0 Å². The summed E-state index contributed by atoms with van der Waals surface area (Å²) in [6.45, 7) is 0.121. The average molecular weight is 429 g/mol. The number of benzene rings is 2. The lowest BCUT2D eigenvalue weighted by Gasteiger charge is -2.15. The number of rotatable bonds is 9. The smallest absolute Gasteiger partial charge is 0.252 e. The maximum Gasteiger partial charge on any atom is 0.252 e. The largest absolute Gasteiger partial charge is 0.369 e. The molecule has 150 valence electrons. The molecule has 0 aliphatic carbocycles. The first kappa shape index (κ1) is 21.1. The van der Waals surface area contributed by atoms with Crippen molar-refractivity contribution in [2.45, 2.75) is 17.1 Å². The van der Waals surface area contributed by atoms with Crippen LogP contribution in [0.3, 0.4) is 0 Å². The topological polar surface area (TPSA) is 72.2 Å². The van der Waals surface area contributed by atoms with E-state index in [9.17, 15) is 14.0 Å². The molecule has 0 radical (unpaired) electrons. The number of nitrogens with one attached hydrogen (secondary N) is 1. The minimum atomic E-state index is -0.574. The van der Waals surface area contributed by atoms with Gasteiger partial charge in [-0.15, -0.1) is 23.1 Å². The molecule has 2 aromatic carbocycles. The Morgan fingerprint density at radius 2 is 1.83 bits per heavy atom. The van der Waals surface area contributed by atoms with Crippen molar-refractivity contribution in [1.82, 2.24) is 5.32 Å². The maximum absolute atomic E-state index is 13.1. The summed E-state index contributed by atoms with van der Waals surface area (Å²) >= 11 is 3.28. The number of thioether (sulfide) groups is 1. The molecule has 7 heteroatoms. The number of thiophene rings is 1. The van der Waals surface area contributed by atoms with Crippen LogP contribution in [0.4, 0.5) is 4.39 Å². The van der Waals surface area contributed by atoms with E-state index in [1.54, 1.807) is 41.3 Å². The van der Waals surface area contributed by atoms with E-state index < -0.39 is 11.8 Å². The van der Waals surface area contributed by atoms with E-state index in [0.29, 0.717) is 12.0 Å². The van der Waals surface area contributed by atoms with E-state index in [4.69, 9.17) is 5.73 Å². The van der Waals surface area contributed by atoms with Gasteiger partial charge < -0.3 is 11.1 Å². The average Bonchev–Trinajstić information content (AvgIpc) is 3.24. The first-order valence-electron chi connectivity index (χ1n) is 9.09. The van der Waals surface area contributed by atoms with Gasteiger partial charge in [-0.2, -0.15) is 0 Å². The minimum absolute atomic E-state index is 0.121. The van der Waals surface area contributed by atoms with Gasteiger partial charge in [0.25, 0.3) is 5.91 Å². The highest BCUT2D eigenvalue weighted by Crippen LogP contribution is 2.28. The van der Waals surface area contributed by atoms with E-state index in [2.05, 4.69) is 11.4 Å². The van der Waals surface area contributed by atoms with Gasteiger partial charge in [0, 0.05) is 22.1 Å². The number of halogens is 1. The highest BCUT2D eigenvalue weighted by Gasteiger charge is 2.19. The Bertz CT molecular complexity index is 959. The normalized spacial score (nSPS) is 11.8. The molecule has 1 unspecified atom stereocenters. The second kappa shape index (κ2) is 10.2. The van der Waals surface area contributed by atoms with Crippen molar-refractivity contribution >= 4 is 34.9 Å². The molecule has 3 rings (SSSR count). The maximum atomic E-state index is 13.1. The SMILES string of the molecule is NC(=O)C(CNC(=O)c1ccccc1SCc1cccs1)Cc1ccc(F)cc1. The molecule has 2 amide bonds. The van der Waals surface area contributed by atoms with Crippen LogP contribution in [0.1, 0.15) is 20.8 Å². The third-order valence-electron chi connectivity index (χ3n) is 4.39. The molecule has 0 saturated carbocycles. The van der Waals surface area contributed by atoms with Crippen LogP contribution in [0.15, 0.2) is 70.9 Å². The number of hydrogen-bond donors (Lipinski definition) is 2. The van der Waals surface area contributed by atoms with Crippen LogP contribution < -0.4 is 11.1 Å². The van der Waals surface area contributed by atoms with Gasteiger partial charge in [0.1, 0.15) is 5.82 Å². The van der Waals surface area contributed by atoms with Gasteiger partial charge >= 0.3 is 0 Å². The van der Waals surface area contributed by atoms with Gasteiger partial charge in [-0.05, 0) is 47.7 Å². The van der Waals surface area contributed by atoms with Gasteiger partial charge in [-0.3, -0.25) is 9.59 Å². The van der Waals surface area contributed by atoms with Crippen LogP contribution in [-0.4, -0.2) is 18.4 Å². The molecule has 0 bridgehead atoms. The lowest BCUT2D eigenvalue weighted by Crippen LogP contribution is -2.37. The Morgan fingerprint density at radius 3 is 2.52 bits per heavy atom. The molecule has 1 heterocycles. The summed E-state index contributed by atoms with van der Waals surface area (Å²) in [5.41, 5.74) is 6.86. The van der Waals surface area contributed by atoms with Gasteiger partial charge in [0.15, 0.2) is 0 Å². The number of amides is 2. The van der Waals surface area contributed by atoms with Crippen LogP contribution in [0.2, 0.25) is 0 Å². The summed E-state index contributed by atoms with van der Waals surface area (Å²) in [7, 11) is 0. The summed E-state index contributed by atoms with van der Waals surface area (Å²) in [6.07, 6.45) is 0.338. The molecule has 1 atom stereocenters. The molecule has 29 heavy (non-hydrogen) atoms. The Morgan fingerprint density at radius 1 is 1.07 bits per heavy atom. The number of carbonyl (C=O) groups excluding carboxylic acids is 2. The first-order chi connectivity index (χ1) is 14.0. The fraction of sp³-hybridized carbons (Fsp3) is 0.182.